The summed E-state index contributed by atoms with van der Waals surface area (Å²) in [5.41, 5.74) is 0.703. The van der Waals surface area contributed by atoms with Crippen molar-refractivity contribution in [2.24, 2.45) is 0 Å². The second kappa shape index (κ2) is 7.02. The predicted octanol–water partition coefficient (Wildman–Crippen LogP) is 1.90. The first kappa shape index (κ1) is 15.2. The summed E-state index contributed by atoms with van der Waals surface area (Å²) in [5, 5.41) is 13.1. The first-order valence-electron chi connectivity index (χ1n) is 7.16. The van der Waals surface area contributed by atoms with Gasteiger partial charge in [-0.05, 0) is 19.5 Å². The molecule has 1 aliphatic heterocycles. The standard InChI is InChI=1S/C15H23FN2O2/c1-3-18-6-7-20-13(10-18)9-17-11(2)14-5-4-12(16)8-15(14)19/h4-5,8,11,13,17,19H,3,6-7,9-10H2,1-2H3. The van der Waals surface area contributed by atoms with Crippen molar-refractivity contribution >= 4 is 0 Å². The molecule has 112 valence electrons. The van der Waals surface area contributed by atoms with E-state index in [9.17, 15) is 9.50 Å². The molecule has 1 aromatic rings. The van der Waals surface area contributed by atoms with Crippen LogP contribution in [0.25, 0.3) is 0 Å². The third kappa shape index (κ3) is 3.91. The molecule has 2 atom stereocenters. The summed E-state index contributed by atoms with van der Waals surface area (Å²) in [5.74, 6) is -0.433. The van der Waals surface area contributed by atoms with Crippen molar-refractivity contribution < 1.29 is 14.2 Å². The smallest absolute Gasteiger partial charge is 0.126 e. The zero-order chi connectivity index (χ0) is 14.5. The summed E-state index contributed by atoms with van der Waals surface area (Å²) >= 11 is 0. The lowest BCUT2D eigenvalue weighted by atomic mass is 10.1. The number of benzene rings is 1. The maximum Gasteiger partial charge on any atom is 0.126 e. The molecule has 0 bridgehead atoms. The van der Waals surface area contributed by atoms with Crippen LogP contribution in [0.15, 0.2) is 18.2 Å². The van der Waals surface area contributed by atoms with Crippen molar-refractivity contribution in [1.29, 1.82) is 0 Å². The number of hydrogen-bond acceptors (Lipinski definition) is 4. The number of phenolic OH excluding ortho intramolecular Hbond substituents is 1. The van der Waals surface area contributed by atoms with Crippen LogP contribution in [0.5, 0.6) is 5.75 Å². The molecule has 0 amide bonds. The van der Waals surface area contributed by atoms with Crippen molar-refractivity contribution in [2.75, 3.05) is 32.8 Å². The van der Waals surface area contributed by atoms with Crippen molar-refractivity contribution in [2.45, 2.75) is 26.0 Å². The van der Waals surface area contributed by atoms with Gasteiger partial charge in [-0.1, -0.05) is 13.0 Å². The Morgan fingerprint density at radius 3 is 3.05 bits per heavy atom. The van der Waals surface area contributed by atoms with E-state index in [0.29, 0.717) is 12.1 Å². The predicted molar refractivity (Wildman–Crippen MR) is 76.3 cm³/mol. The Balaban J connectivity index is 1.86. The molecule has 4 nitrogen and oxygen atoms in total. The molecule has 0 aromatic heterocycles. The SMILES string of the molecule is CCN1CCOC(CNC(C)c2ccc(F)cc2O)C1. The number of halogens is 1. The maximum absolute atomic E-state index is 13.0. The van der Waals surface area contributed by atoms with Gasteiger partial charge in [0.2, 0.25) is 0 Å². The highest BCUT2D eigenvalue weighted by molar-refractivity contribution is 5.34. The molecule has 0 saturated carbocycles. The van der Waals surface area contributed by atoms with Gasteiger partial charge in [-0.25, -0.2) is 4.39 Å². The van der Waals surface area contributed by atoms with E-state index < -0.39 is 5.82 Å². The molecule has 5 heteroatoms. The van der Waals surface area contributed by atoms with E-state index in [0.717, 1.165) is 32.3 Å². The number of nitrogens with zero attached hydrogens (tertiary/aromatic N) is 1. The fraction of sp³-hybridized carbons (Fsp3) is 0.600. The minimum absolute atomic E-state index is 0.00949. The van der Waals surface area contributed by atoms with Crippen molar-refractivity contribution in [3.63, 3.8) is 0 Å². The number of rotatable bonds is 5. The van der Waals surface area contributed by atoms with Gasteiger partial charge in [0.25, 0.3) is 0 Å². The van der Waals surface area contributed by atoms with Gasteiger partial charge in [0.1, 0.15) is 11.6 Å². The first-order chi connectivity index (χ1) is 9.60. The summed E-state index contributed by atoms with van der Waals surface area (Å²) < 4.78 is 18.7. The largest absolute Gasteiger partial charge is 0.508 e. The Labute approximate surface area is 119 Å². The summed E-state index contributed by atoms with van der Waals surface area (Å²) in [4.78, 5) is 2.36. The van der Waals surface area contributed by atoms with E-state index in [-0.39, 0.29) is 17.9 Å². The molecule has 0 spiro atoms. The molecule has 2 rings (SSSR count). The lowest BCUT2D eigenvalue weighted by Gasteiger charge is -2.32. The van der Waals surface area contributed by atoms with Crippen LogP contribution < -0.4 is 5.32 Å². The van der Waals surface area contributed by atoms with E-state index in [2.05, 4.69) is 17.1 Å². The molecule has 2 N–H and O–H groups in total. The Hall–Kier alpha value is -1.17. The van der Waals surface area contributed by atoms with Gasteiger partial charge in [0.15, 0.2) is 0 Å². The van der Waals surface area contributed by atoms with Gasteiger partial charge >= 0.3 is 0 Å². The van der Waals surface area contributed by atoms with Crippen molar-refractivity contribution in [1.82, 2.24) is 10.2 Å². The third-order valence-electron chi connectivity index (χ3n) is 3.78. The number of phenols is 1. The molecule has 0 radical (unpaired) electrons. The second-order valence-electron chi connectivity index (χ2n) is 5.22. The fourth-order valence-corrected chi connectivity index (χ4v) is 2.49. The van der Waals surface area contributed by atoms with E-state index >= 15 is 0 Å². The van der Waals surface area contributed by atoms with Crippen LogP contribution in [0.2, 0.25) is 0 Å². The van der Waals surface area contributed by atoms with Crippen LogP contribution in [0.1, 0.15) is 25.5 Å². The minimum Gasteiger partial charge on any atom is -0.508 e. The van der Waals surface area contributed by atoms with Gasteiger partial charge in [-0.2, -0.15) is 0 Å². The maximum atomic E-state index is 13.0. The number of aromatic hydroxyl groups is 1. The van der Waals surface area contributed by atoms with E-state index in [1.807, 2.05) is 6.92 Å². The summed E-state index contributed by atoms with van der Waals surface area (Å²) in [6, 6.07) is 4.07. The average molecular weight is 282 g/mol. The minimum atomic E-state index is -0.423. The highest BCUT2D eigenvalue weighted by atomic mass is 19.1. The zero-order valence-corrected chi connectivity index (χ0v) is 12.1. The zero-order valence-electron chi connectivity index (χ0n) is 12.1. The molecule has 1 heterocycles. The molecule has 1 aromatic carbocycles. The third-order valence-corrected chi connectivity index (χ3v) is 3.78. The first-order valence-corrected chi connectivity index (χ1v) is 7.16. The Kier molecular flexibility index (Phi) is 5.34. The molecule has 1 aliphatic rings. The average Bonchev–Trinajstić information content (AvgIpc) is 2.45. The van der Waals surface area contributed by atoms with Crippen molar-refractivity contribution in [3.05, 3.63) is 29.6 Å². The van der Waals surface area contributed by atoms with Crippen molar-refractivity contribution in [3.8, 4) is 5.75 Å². The molecular formula is C15H23FN2O2. The van der Waals surface area contributed by atoms with Crippen LogP contribution in [0.4, 0.5) is 4.39 Å². The summed E-state index contributed by atoms with van der Waals surface area (Å²) in [7, 11) is 0. The van der Waals surface area contributed by atoms with Crippen LogP contribution in [-0.4, -0.2) is 48.9 Å². The molecular weight excluding hydrogens is 259 g/mol. The highest BCUT2D eigenvalue weighted by Gasteiger charge is 2.20. The molecule has 2 unspecified atom stereocenters. The second-order valence-corrected chi connectivity index (χ2v) is 5.22. The molecule has 20 heavy (non-hydrogen) atoms. The van der Waals surface area contributed by atoms with Gasteiger partial charge in [0.05, 0.1) is 12.7 Å². The highest BCUT2D eigenvalue weighted by Crippen LogP contribution is 2.24. The molecule has 1 fully saturated rings. The monoisotopic (exact) mass is 282 g/mol. The number of hydrogen-bond donors (Lipinski definition) is 2. The quantitative estimate of drug-likeness (QED) is 0.866. The van der Waals surface area contributed by atoms with Crippen LogP contribution >= 0.6 is 0 Å². The number of morpholine rings is 1. The summed E-state index contributed by atoms with van der Waals surface area (Å²) in [6.45, 7) is 8.52. The van der Waals surface area contributed by atoms with Gasteiger partial charge in [-0.15, -0.1) is 0 Å². The van der Waals surface area contributed by atoms with Gasteiger partial charge in [-0.3, -0.25) is 4.90 Å². The molecule has 1 saturated heterocycles. The lowest BCUT2D eigenvalue weighted by molar-refractivity contribution is -0.0262. The summed E-state index contributed by atoms with van der Waals surface area (Å²) in [6.07, 6.45) is 0.161. The number of likely N-dealkylation sites (N-methyl/N-ethyl adjacent to an activating group) is 1. The van der Waals surface area contributed by atoms with E-state index in [4.69, 9.17) is 4.74 Å². The number of ether oxygens (including phenoxy) is 1. The van der Waals surface area contributed by atoms with E-state index in [1.54, 1.807) is 6.07 Å². The fourth-order valence-electron chi connectivity index (χ4n) is 2.49. The lowest BCUT2D eigenvalue weighted by Crippen LogP contribution is -2.46. The topological polar surface area (TPSA) is 44.7 Å². The Morgan fingerprint density at radius 2 is 2.35 bits per heavy atom. The van der Waals surface area contributed by atoms with Crippen LogP contribution in [-0.2, 0) is 4.74 Å². The number of nitrogens with one attached hydrogen (secondary N) is 1. The van der Waals surface area contributed by atoms with Gasteiger partial charge in [0, 0.05) is 37.3 Å². The van der Waals surface area contributed by atoms with Crippen LogP contribution in [0, 0.1) is 5.82 Å². The van der Waals surface area contributed by atoms with Gasteiger partial charge < -0.3 is 15.2 Å². The van der Waals surface area contributed by atoms with E-state index in [1.165, 1.54) is 6.07 Å². The molecule has 0 aliphatic carbocycles. The Bertz CT molecular complexity index is 442. The normalized spacial score (nSPS) is 21.9. The Morgan fingerprint density at radius 1 is 1.55 bits per heavy atom. The van der Waals surface area contributed by atoms with Crippen LogP contribution in [0.3, 0.4) is 0 Å².